The summed E-state index contributed by atoms with van der Waals surface area (Å²) < 4.78 is 36.8. The highest BCUT2D eigenvalue weighted by Crippen LogP contribution is 2.22. The summed E-state index contributed by atoms with van der Waals surface area (Å²) in [4.78, 5) is 30.6. The highest BCUT2D eigenvalue weighted by molar-refractivity contribution is 7.92. The highest BCUT2D eigenvalue weighted by atomic mass is 32.2. The van der Waals surface area contributed by atoms with E-state index < -0.39 is 21.9 Å². The summed E-state index contributed by atoms with van der Waals surface area (Å²) >= 11 is 0. The molecule has 0 aliphatic carbocycles. The molecule has 2 rings (SSSR count). The lowest BCUT2D eigenvalue weighted by Gasteiger charge is -2.10. The average molecular weight is 406 g/mol. The lowest BCUT2D eigenvalue weighted by molar-refractivity contribution is -0.137. The smallest absolute Gasteiger partial charge is 0.330 e. The Balaban J connectivity index is 2.07. The first-order chi connectivity index (χ1) is 13.4. The molecule has 0 saturated carbocycles. The summed E-state index contributed by atoms with van der Waals surface area (Å²) in [7, 11) is -2.60. The Morgan fingerprint density at radius 1 is 1.11 bits per heavy atom. The van der Waals surface area contributed by atoms with Crippen LogP contribution in [0.5, 0.6) is 5.88 Å². The van der Waals surface area contributed by atoms with Crippen LogP contribution >= 0.6 is 0 Å². The molecular weight excluding hydrogens is 388 g/mol. The fraction of sp³-hybridized carbons (Fsp3) is 0.176. The average Bonchev–Trinajstić information content (AvgIpc) is 2.67. The number of carbonyl (C=O) groups is 2. The Morgan fingerprint density at radius 2 is 1.79 bits per heavy atom. The van der Waals surface area contributed by atoms with Crippen LogP contribution in [-0.2, 0) is 24.3 Å². The van der Waals surface area contributed by atoms with Crippen LogP contribution in [0.3, 0.4) is 0 Å². The Labute approximate surface area is 161 Å². The topological polar surface area (TPSA) is 137 Å². The van der Waals surface area contributed by atoms with E-state index in [0.29, 0.717) is 5.69 Å². The number of hydrogen-bond donors (Lipinski definition) is 2. The van der Waals surface area contributed by atoms with Crippen molar-refractivity contribution in [3.05, 3.63) is 48.8 Å². The number of benzene rings is 1. The van der Waals surface area contributed by atoms with Crippen LogP contribution in [0, 0.1) is 0 Å². The van der Waals surface area contributed by atoms with Crippen LogP contribution in [0.1, 0.15) is 6.92 Å². The summed E-state index contributed by atoms with van der Waals surface area (Å²) in [6.07, 6.45) is 4.70. The van der Waals surface area contributed by atoms with E-state index >= 15 is 0 Å². The van der Waals surface area contributed by atoms with Crippen LogP contribution in [0.2, 0.25) is 0 Å². The molecule has 10 nitrogen and oxygen atoms in total. The highest BCUT2D eigenvalue weighted by Gasteiger charge is 2.18. The fourth-order valence-corrected chi connectivity index (χ4v) is 2.97. The molecule has 1 amide bonds. The van der Waals surface area contributed by atoms with Crippen molar-refractivity contribution in [2.45, 2.75) is 11.8 Å². The van der Waals surface area contributed by atoms with Gasteiger partial charge in [-0.15, -0.1) is 0 Å². The zero-order valence-corrected chi connectivity index (χ0v) is 15.9. The summed E-state index contributed by atoms with van der Waals surface area (Å²) in [5.74, 6) is -1.22. The number of carbonyl (C=O) groups excluding carboxylic acids is 2. The van der Waals surface area contributed by atoms with Crippen LogP contribution < -0.4 is 14.8 Å². The lowest BCUT2D eigenvalue weighted by atomic mass is 10.3. The number of nitrogens with one attached hydrogen (secondary N) is 2. The number of methoxy groups -OCH3 is 1. The number of amides is 1. The van der Waals surface area contributed by atoms with Gasteiger partial charge in [-0.1, -0.05) is 0 Å². The van der Waals surface area contributed by atoms with E-state index in [0.717, 1.165) is 12.2 Å². The Hall–Kier alpha value is -3.47. The van der Waals surface area contributed by atoms with Crippen molar-refractivity contribution in [1.82, 2.24) is 9.97 Å². The normalized spacial score (nSPS) is 11.1. The van der Waals surface area contributed by atoms with Crippen molar-refractivity contribution in [2.75, 3.05) is 23.8 Å². The molecule has 2 aromatic rings. The lowest BCUT2D eigenvalue weighted by Crippen LogP contribution is -2.15. The van der Waals surface area contributed by atoms with Gasteiger partial charge in [-0.3, -0.25) is 9.52 Å². The van der Waals surface area contributed by atoms with Gasteiger partial charge in [0.15, 0.2) is 0 Å². The Morgan fingerprint density at radius 3 is 2.43 bits per heavy atom. The van der Waals surface area contributed by atoms with Crippen LogP contribution in [0.4, 0.5) is 11.5 Å². The van der Waals surface area contributed by atoms with E-state index in [1.165, 1.54) is 43.8 Å². The van der Waals surface area contributed by atoms with Crippen LogP contribution in [0.25, 0.3) is 0 Å². The molecule has 0 spiro atoms. The summed E-state index contributed by atoms with van der Waals surface area (Å²) in [5, 5.41) is 2.49. The van der Waals surface area contributed by atoms with E-state index in [2.05, 4.69) is 24.7 Å². The fourth-order valence-electron chi connectivity index (χ4n) is 1.97. The van der Waals surface area contributed by atoms with Crippen molar-refractivity contribution < 1.29 is 27.5 Å². The van der Waals surface area contributed by atoms with Crippen molar-refractivity contribution in [3.8, 4) is 5.88 Å². The minimum absolute atomic E-state index is 0.0309. The molecule has 0 bridgehead atoms. The number of anilines is 2. The molecule has 0 unspecified atom stereocenters. The maximum absolute atomic E-state index is 12.5. The monoisotopic (exact) mass is 406 g/mol. The Kier molecular flexibility index (Phi) is 7.04. The van der Waals surface area contributed by atoms with Crippen LogP contribution in [0.15, 0.2) is 53.7 Å². The molecule has 0 radical (unpaired) electrons. The maximum atomic E-state index is 12.5. The van der Waals surface area contributed by atoms with E-state index in [9.17, 15) is 18.0 Å². The zero-order chi connectivity index (χ0) is 20.6. The molecule has 0 fully saturated rings. The van der Waals surface area contributed by atoms with Crippen molar-refractivity contribution in [2.24, 2.45) is 0 Å². The van der Waals surface area contributed by atoms with E-state index in [-0.39, 0.29) is 23.2 Å². The third-order valence-corrected chi connectivity index (χ3v) is 4.53. The minimum atomic E-state index is -3.94. The first-order valence-electron chi connectivity index (χ1n) is 7.99. The first kappa shape index (κ1) is 20.8. The van der Waals surface area contributed by atoms with Gasteiger partial charge in [-0.2, -0.15) is 0 Å². The van der Waals surface area contributed by atoms with Gasteiger partial charge in [-0.25, -0.2) is 23.2 Å². The molecular formula is C17H18N4O6S. The molecule has 1 aromatic heterocycles. The molecule has 0 aliphatic rings. The Bertz CT molecular complexity index is 973. The van der Waals surface area contributed by atoms with Gasteiger partial charge in [0.05, 0.1) is 18.6 Å². The summed E-state index contributed by atoms with van der Waals surface area (Å²) in [6, 6.07) is 5.41. The van der Waals surface area contributed by atoms with Crippen molar-refractivity contribution in [1.29, 1.82) is 0 Å². The quantitative estimate of drug-likeness (QED) is 0.495. The third-order valence-electron chi connectivity index (χ3n) is 3.18. The maximum Gasteiger partial charge on any atom is 0.330 e. The van der Waals surface area contributed by atoms with Gasteiger partial charge in [0.25, 0.3) is 15.9 Å². The van der Waals surface area contributed by atoms with Crippen molar-refractivity contribution in [3.63, 3.8) is 0 Å². The summed E-state index contributed by atoms with van der Waals surface area (Å²) in [5.41, 5.74) is 0.342. The second-order valence-electron chi connectivity index (χ2n) is 5.12. The van der Waals surface area contributed by atoms with Crippen LogP contribution in [-0.4, -0.2) is 44.0 Å². The SMILES string of the molecule is CCOC(=O)/C=C/C(=O)Nc1ccc(S(=O)(=O)Nc2nccnc2OC)cc1. The predicted octanol–water partition coefficient (Wildman–Crippen LogP) is 1.34. The number of aromatic nitrogens is 2. The second-order valence-corrected chi connectivity index (χ2v) is 6.80. The van der Waals surface area contributed by atoms with E-state index in [1.807, 2.05) is 0 Å². The number of hydrogen-bond acceptors (Lipinski definition) is 8. The number of ether oxygens (including phenoxy) is 2. The molecule has 1 heterocycles. The molecule has 0 atom stereocenters. The predicted molar refractivity (Wildman–Crippen MR) is 100 cm³/mol. The minimum Gasteiger partial charge on any atom is -0.478 e. The molecule has 148 valence electrons. The molecule has 28 heavy (non-hydrogen) atoms. The molecule has 2 N–H and O–H groups in total. The summed E-state index contributed by atoms with van der Waals surface area (Å²) in [6.45, 7) is 1.85. The largest absolute Gasteiger partial charge is 0.478 e. The standard InChI is InChI=1S/C17H18N4O6S/c1-3-27-15(23)9-8-14(22)20-12-4-6-13(7-5-12)28(24,25)21-16-17(26-2)19-11-10-18-16/h4-11H,3H2,1-2H3,(H,18,21)(H,20,22)/b9-8+. The van der Waals surface area contributed by atoms with Gasteiger partial charge in [0.2, 0.25) is 11.7 Å². The second kappa shape index (κ2) is 9.46. The molecule has 0 aliphatic heterocycles. The van der Waals surface area contributed by atoms with Gasteiger partial charge >= 0.3 is 5.97 Å². The van der Waals surface area contributed by atoms with Gasteiger partial charge in [-0.05, 0) is 31.2 Å². The molecule has 11 heteroatoms. The number of esters is 1. The van der Waals surface area contributed by atoms with Crippen molar-refractivity contribution >= 4 is 33.4 Å². The number of rotatable bonds is 8. The van der Waals surface area contributed by atoms with Gasteiger partial charge in [0, 0.05) is 30.2 Å². The number of nitrogens with zero attached hydrogens (tertiary/aromatic N) is 2. The van der Waals surface area contributed by atoms with E-state index in [1.54, 1.807) is 6.92 Å². The zero-order valence-electron chi connectivity index (χ0n) is 15.1. The third kappa shape index (κ3) is 5.77. The van der Waals surface area contributed by atoms with Gasteiger partial charge in [0.1, 0.15) is 0 Å². The van der Waals surface area contributed by atoms with E-state index in [4.69, 9.17) is 4.74 Å². The molecule has 1 aromatic carbocycles. The molecule has 0 saturated heterocycles. The van der Waals surface area contributed by atoms with Gasteiger partial charge < -0.3 is 14.8 Å². The first-order valence-corrected chi connectivity index (χ1v) is 9.47. The number of sulfonamides is 1.